The van der Waals surface area contributed by atoms with Gasteiger partial charge in [0.1, 0.15) is 11.4 Å². The van der Waals surface area contributed by atoms with Crippen molar-refractivity contribution in [1.82, 2.24) is 15.2 Å². The number of carbonyl (C=O) groups is 2. The number of unbranched alkanes of at least 4 members (excludes halogenated alkanes) is 1. The summed E-state index contributed by atoms with van der Waals surface area (Å²) in [7, 11) is 0. The summed E-state index contributed by atoms with van der Waals surface area (Å²) in [6, 6.07) is 1.89. The molecule has 1 aromatic heterocycles. The van der Waals surface area contributed by atoms with Gasteiger partial charge in [-0.15, -0.1) is 0 Å². The molecule has 1 unspecified atom stereocenters. The summed E-state index contributed by atoms with van der Waals surface area (Å²) in [6.45, 7) is 11.4. The normalized spacial score (nSPS) is 20.7. The Hall–Kier alpha value is -2.52. The Kier molecular flexibility index (Phi) is 10.2. The quantitative estimate of drug-likeness (QED) is 0.611. The number of aromatic nitrogens is 1. The molecule has 2 fully saturated rings. The van der Waals surface area contributed by atoms with Gasteiger partial charge in [0.2, 0.25) is 5.91 Å². The van der Waals surface area contributed by atoms with Crippen LogP contribution in [-0.4, -0.2) is 59.7 Å². The lowest BCUT2D eigenvalue weighted by molar-refractivity contribution is -0.137. The molecular weight excluding hydrogens is 461 g/mol. The minimum absolute atomic E-state index is 0.0325. The van der Waals surface area contributed by atoms with Gasteiger partial charge in [-0.3, -0.25) is 4.79 Å². The molecule has 1 aliphatic carbocycles. The van der Waals surface area contributed by atoms with Crippen LogP contribution >= 0.6 is 0 Å². The summed E-state index contributed by atoms with van der Waals surface area (Å²) >= 11 is 0. The number of alkyl halides is 3. The van der Waals surface area contributed by atoms with Crippen molar-refractivity contribution in [2.75, 3.05) is 31.1 Å². The molecule has 0 bridgehead atoms. The number of nitrogens with zero attached hydrogens (tertiary/aromatic N) is 3. The first kappa shape index (κ1) is 28.7. The van der Waals surface area contributed by atoms with E-state index < -0.39 is 23.4 Å². The molecule has 2 heterocycles. The first-order valence-electron chi connectivity index (χ1n) is 12.4. The topological polar surface area (TPSA) is 74.8 Å². The van der Waals surface area contributed by atoms with Crippen molar-refractivity contribution in [3.05, 3.63) is 23.9 Å². The van der Waals surface area contributed by atoms with E-state index in [1.807, 2.05) is 0 Å². The lowest BCUT2D eigenvalue weighted by Crippen LogP contribution is -2.50. The molecular formula is C25H39F3N4O3. The maximum Gasteiger partial charge on any atom is 0.416 e. The van der Waals surface area contributed by atoms with Gasteiger partial charge in [-0.05, 0) is 52.2 Å². The zero-order valence-corrected chi connectivity index (χ0v) is 21.5. The van der Waals surface area contributed by atoms with E-state index in [0.29, 0.717) is 45.4 Å². The molecule has 7 nitrogen and oxygen atoms in total. The lowest BCUT2D eigenvalue weighted by atomic mass is 10.1. The molecule has 1 saturated heterocycles. The highest BCUT2D eigenvalue weighted by molar-refractivity contribution is 5.79. The predicted octanol–water partition coefficient (Wildman–Crippen LogP) is 5.25. The first-order valence-corrected chi connectivity index (χ1v) is 12.4. The van der Waals surface area contributed by atoms with E-state index in [1.165, 1.54) is 12.8 Å². The second-order valence-corrected chi connectivity index (χ2v) is 10.1. The van der Waals surface area contributed by atoms with Gasteiger partial charge >= 0.3 is 12.3 Å². The van der Waals surface area contributed by atoms with Crippen molar-refractivity contribution in [2.24, 2.45) is 5.92 Å². The highest BCUT2D eigenvalue weighted by Crippen LogP contribution is 2.31. The molecule has 2 amide bonds. The van der Waals surface area contributed by atoms with Gasteiger partial charge in [-0.1, -0.05) is 26.7 Å². The number of rotatable bonds is 4. The van der Waals surface area contributed by atoms with Gasteiger partial charge in [-0.25, -0.2) is 9.78 Å². The second kappa shape index (κ2) is 12.4. The molecule has 1 saturated carbocycles. The molecule has 0 aromatic carbocycles. The van der Waals surface area contributed by atoms with Crippen LogP contribution in [0.15, 0.2) is 18.3 Å². The van der Waals surface area contributed by atoms with Crippen LogP contribution in [0.1, 0.15) is 72.3 Å². The summed E-state index contributed by atoms with van der Waals surface area (Å²) < 4.78 is 44.1. The van der Waals surface area contributed by atoms with Crippen molar-refractivity contribution >= 4 is 17.8 Å². The highest BCUT2D eigenvalue weighted by atomic mass is 19.4. The van der Waals surface area contributed by atoms with E-state index >= 15 is 0 Å². The molecule has 1 aromatic rings. The number of alkyl carbamates (subject to hydrolysis) is 1. The van der Waals surface area contributed by atoms with Crippen molar-refractivity contribution in [3.63, 3.8) is 0 Å². The second-order valence-electron chi connectivity index (χ2n) is 10.1. The number of amides is 2. The zero-order valence-electron chi connectivity index (χ0n) is 21.5. The Morgan fingerprint density at radius 3 is 2.26 bits per heavy atom. The summed E-state index contributed by atoms with van der Waals surface area (Å²) in [5, 5.41) is 2.83. The van der Waals surface area contributed by atoms with Crippen LogP contribution < -0.4 is 10.2 Å². The standard InChI is InChI=1S/C21H29F3N4O3.C4H10/c1-20(2,3)31-19(30)26-16-5-4-14(12-16)18(29)28-10-8-27(9-11-28)17-13-15(6-7-25-17)21(22,23)24;1-3-4-2/h6-7,13-14,16H,4-5,8-12H2,1-3H3,(H,26,30);3-4H2,1-2H3/t14-,16?;/m0./s1. The number of carbonyl (C=O) groups excluding carboxylic acids is 2. The monoisotopic (exact) mass is 500 g/mol. The minimum Gasteiger partial charge on any atom is -0.444 e. The Labute approximate surface area is 206 Å². The molecule has 1 aliphatic heterocycles. The molecule has 35 heavy (non-hydrogen) atoms. The number of hydrogen-bond donors (Lipinski definition) is 1. The first-order chi connectivity index (χ1) is 16.3. The molecule has 0 radical (unpaired) electrons. The fourth-order valence-corrected chi connectivity index (χ4v) is 3.99. The van der Waals surface area contributed by atoms with Crippen LogP contribution in [0.2, 0.25) is 0 Å². The van der Waals surface area contributed by atoms with Crippen LogP contribution in [0.4, 0.5) is 23.8 Å². The minimum atomic E-state index is -4.41. The maximum atomic E-state index is 12.9. The molecule has 3 rings (SSSR count). The zero-order chi connectivity index (χ0) is 26.2. The van der Waals surface area contributed by atoms with Crippen LogP contribution in [-0.2, 0) is 15.7 Å². The Morgan fingerprint density at radius 1 is 1.09 bits per heavy atom. The van der Waals surface area contributed by atoms with E-state index in [-0.39, 0.29) is 23.7 Å². The summed E-state index contributed by atoms with van der Waals surface area (Å²) in [5.74, 6) is 0.132. The van der Waals surface area contributed by atoms with Gasteiger partial charge in [0.25, 0.3) is 0 Å². The lowest BCUT2D eigenvalue weighted by Gasteiger charge is -2.36. The van der Waals surface area contributed by atoms with E-state index in [4.69, 9.17) is 4.74 Å². The van der Waals surface area contributed by atoms with E-state index in [1.54, 1.807) is 30.6 Å². The predicted molar refractivity (Wildman–Crippen MR) is 129 cm³/mol. The molecule has 198 valence electrons. The van der Waals surface area contributed by atoms with Crippen molar-refractivity contribution in [2.45, 2.75) is 84.5 Å². The van der Waals surface area contributed by atoms with Crippen LogP contribution in [0.5, 0.6) is 0 Å². The fraction of sp³-hybridized carbons (Fsp3) is 0.720. The third-order valence-electron chi connectivity index (χ3n) is 5.99. The van der Waals surface area contributed by atoms with E-state index in [9.17, 15) is 22.8 Å². The summed E-state index contributed by atoms with van der Waals surface area (Å²) in [4.78, 5) is 32.4. The van der Waals surface area contributed by atoms with Crippen molar-refractivity contribution in [3.8, 4) is 0 Å². The number of anilines is 1. The van der Waals surface area contributed by atoms with Gasteiger partial charge in [-0.2, -0.15) is 13.2 Å². The average Bonchev–Trinajstić information content (AvgIpc) is 3.25. The Balaban J connectivity index is 0.00000100. The van der Waals surface area contributed by atoms with E-state index in [0.717, 1.165) is 18.3 Å². The molecule has 10 heteroatoms. The molecule has 2 aliphatic rings. The highest BCUT2D eigenvalue weighted by Gasteiger charge is 2.36. The molecule has 2 atom stereocenters. The maximum absolute atomic E-state index is 12.9. The summed E-state index contributed by atoms with van der Waals surface area (Å²) in [5.41, 5.74) is -1.31. The third kappa shape index (κ3) is 9.22. The number of hydrogen-bond acceptors (Lipinski definition) is 5. The third-order valence-corrected chi connectivity index (χ3v) is 5.99. The van der Waals surface area contributed by atoms with Crippen molar-refractivity contribution < 1.29 is 27.5 Å². The molecule has 0 spiro atoms. The van der Waals surface area contributed by atoms with Gasteiger partial charge < -0.3 is 19.9 Å². The number of ether oxygens (including phenoxy) is 1. The van der Waals surface area contributed by atoms with Crippen LogP contribution in [0, 0.1) is 5.92 Å². The largest absolute Gasteiger partial charge is 0.444 e. The van der Waals surface area contributed by atoms with Gasteiger partial charge in [0.05, 0.1) is 5.56 Å². The Morgan fingerprint density at radius 2 is 1.71 bits per heavy atom. The SMILES string of the molecule is CC(C)(C)OC(=O)NC1CC[C@H](C(=O)N2CCN(c3cc(C(F)(F)F)ccn3)CC2)C1.CCCC. The van der Waals surface area contributed by atoms with Crippen LogP contribution in [0.3, 0.4) is 0 Å². The smallest absolute Gasteiger partial charge is 0.416 e. The number of halogens is 3. The Bertz CT molecular complexity index is 832. The van der Waals surface area contributed by atoms with Gasteiger partial charge in [0.15, 0.2) is 0 Å². The van der Waals surface area contributed by atoms with Crippen LogP contribution in [0.25, 0.3) is 0 Å². The average molecular weight is 501 g/mol. The van der Waals surface area contributed by atoms with Gasteiger partial charge in [0, 0.05) is 44.3 Å². The number of nitrogens with one attached hydrogen (secondary N) is 1. The summed E-state index contributed by atoms with van der Waals surface area (Å²) in [6.07, 6.45) is 0.868. The fourth-order valence-electron chi connectivity index (χ4n) is 3.99. The van der Waals surface area contributed by atoms with Crippen molar-refractivity contribution in [1.29, 1.82) is 0 Å². The number of pyridine rings is 1. The molecule has 1 N–H and O–H groups in total. The van der Waals surface area contributed by atoms with E-state index in [2.05, 4.69) is 24.1 Å². The number of piperazine rings is 1.